The molecule has 0 aromatic carbocycles. The van der Waals surface area contributed by atoms with Crippen LogP contribution in [0.4, 0.5) is 4.79 Å². The van der Waals surface area contributed by atoms with Crippen molar-refractivity contribution >= 4 is 12.0 Å². The number of likely N-dealkylation sites (tertiary alicyclic amines) is 1. The number of carboxylic acid groups (broad SMARTS) is 1. The predicted octanol–water partition coefficient (Wildman–Crippen LogP) is 2.96. The number of nitrogens with one attached hydrogen (secondary N) is 1. The predicted molar refractivity (Wildman–Crippen MR) is 83.2 cm³/mol. The van der Waals surface area contributed by atoms with E-state index in [0.29, 0.717) is 12.3 Å². The maximum absolute atomic E-state index is 12.2. The van der Waals surface area contributed by atoms with Gasteiger partial charge in [0.05, 0.1) is 5.92 Å². The van der Waals surface area contributed by atoms with Crippen LogP contribution in [0.15, 0.2) is 0 Å². The van der Waals surface area contributed by atoms with Crippen molar-refractivity contribution in [1.82, 2.24) is 10.2 Å². The minimum Gasteiger partial charge on any atom is -0.481 e. The van der Waals surface area contributed by atoms with Gasteiger partial charge in [-0.2, -0.15) is 0 Å². The highest BCUT2D eigenvalue weighted by Crippen LogP contribution is 2.36. The lowest BCUT2D eigenvalue weighted by molar-refractivity contribution is -0.142. The summed E-state index contributed by atoms with van der Waals surface area (Å²) in [5.41, 5.74) is 0.251. The average Bonchev–Trinajstić information content (AvgIpc) is 2.87. The van der Waals surface area contributed by atoms with E-state index in [1.165, 1.54) is 0 Å². The van der Waals surface area contributed by atoms with Crippen LogP contribution in [0.5, 0.6) is 0 Å². The molecule has 21 heavy (non-hydrogen) atoms. The van der Waals surface area contributed by atoms with E-state index in [2.05, 4.69) is 19.2 Å². The Morgan fingerprint density at radius 1 is 1.29 bits per heavy atom. The molecule has 2 N–H and O–H groups in total. The maximum Gasteiger partial charge on any atom is 0.317 e. The summed E-state index contributed by atoms with van der Waals surface area (Å²) in [6, 6.07) is -0.117. The second-order valence-corrected chi connectivity index (χ2v) is 6.73. The first-order chi connectivity index (χ1) is 9.83. The molecule has 0 bridgehead atoms. The molecule has 1 saturated heterocycles. The summed E-state index contributed by atoms with van der Waals surface area (Å²) < 4.78 is 0. The van der Waals surface area contributed by atoms with Gasteiger partial charge in [-0.25, -0.2) is 4.79 Å². The fourth-order valence-electron chi connectivity index (χ4n) is 3.10. The van der Waals surface area contributed by atoms with E-state index in [4.69, 9.17) is 0 Å². The maximum atomic E-state index is 12.2. The third kappa shape index (κ3) is 4.90. The monoisotopic (exact) mass is 298 g/mol. The highest BCUT2D eigenvalue weighted by molar-refractivity contribution is 5.76. The molecule has 0 spiro atoms. The van der Waals surface area contributed by atoms with E-state index < -0.39 is 11.9 Å². The van der Waals surface area contributed by atoms with Crippen LogP contribution in [0.1, 0.15) is 53.4 Å². The molecule has 1 rings (SSSR count). The molecule has 0 aromatic heterocycles. The number of hydrogen-bond acceptors (Lipinski definition) is 2. The molecule has 1 aliphatic rings. The minimum absolute atomic E-state index is 0.117. The summed E-state index contributed by atoms with van der Waals surface area (Å²) in [7, 11) is 0. The number of carboxylic acids is 1. The molecule has 2 amide bonds. The summed E-state index contributed by atoms with van der Waals surface area (Å²) in [6.07, 6.45) is 3.79. The van der Waals surface area contributed by atoms with E-state index in [0.717, 1.165) is 32.4 Å². The van der Waals surface area contributed by atoms with Crippen LogP contribution < -0.4 is 5.32 Å². The summed E-state index contributed by atoms with van der Waals surface area (Å²) >= 11 is 0. The first kappa shape index (κ1) is 17.8. The van der Waals surface area contributed by atoms with Crippen LogP contribution in [-0.4, -0.2) is 41.6 Å². The smallest absolute Gasteiger partial charge is 0.317 e. The number of nitrogens with zero attached hydrogens (tertiary/aromatic N) is 1. The lowest BCUT2D eigenvalue weighted by Gasteiger charge is -2.26. The second-order valence-electron chi connectivity index (χ2n) is 6.73. The Balaban J connectivity index is 2.48. The molecular weight excluding hydrogens is 268 g/mol. The number of hydrogen-bond donors (Lipinski definition) is 2. The summed E-state index contributed by atoms with van der Waals surface area (Å²) in [4.78, 5) is 25.2. The highest BCUT2D eigenvalue weighted by Gasteiger charge is 2.37. The van der Waals surface area contributed by atoms with Gasteiger partial charge in [-0.05, 0) is 37.0 Å². The van der Waals surface area contributed by atoms with Crippen molar-refractivity contribution in [3.05, 3.63) is 0 Å². The van der Waals surface area contributed by atoms with Gasteiger partial charge in [0.1, 0.15) is 0 Å². The van der Waals surface area contributed by atoms with E-state index in [1.807, 2.05) is 18.7 Å². The number of urea groups is 1. The van der Waals surface area contributed by atoms with Gasteiger partial charge in [0.25, 0.3) is 0 Å². The van der Waals surface area contributed by atoms with Crippen LogP contribution in [0.2, 0.25) is 0 Å². The molecule has 1 aliphatic heterocycles. The SMILES string of the molecule is CCC1(CC)CCN(C(=O)NCC(CC(C)C)C(=O)O)C1. The van der Waals surface area contributed by atoms with Crippen LogP contribution in [0.3, 0.4) is 0 Å². The fraction of sp³-hybridized carbons (Fsp3) is 0.875. The number of carbonyl (C=O) groups excluding carboxylic acids is 1. The van der Waals surface area contributed by atoms with E-state index in [9.17, 15) is 14.7 Å². The molecule has 0 radical (unpaired) electrons. The van der Waals surface area contributed by atoms with Gasteiger partial charge in [-0.3, -0.25) is 4.79 Å². The number of rotatable bonds is 7. The minimum atomic E-state index is -0.832. The Morgan fingerprint density at radius 2 is 1.90 bits per heavy atom. The van der Waals surface area contributed by atoms with Crippen molar-refractivity contribution in [2.24, 2.45) is 17.3 Å². The Morgan fingerprint density at radius 3 is 2.33 bits per heavy atom. The lowest BCUT2D eigenvalue weighted by atomic mass is 9.82. The van der Waals surface area contributed by atoms with Crippen LogP contribution in [-0.2, 0) is 4.79 Å². The van der Waals surface area contributed by atoms with Gasteiger partial charge in [-0.1, -0.05) is 27.7 Å². The van der Waals surface area contributed by atoms with Crippen molar-refractivity contribution in [3.8, 4) is 0 Å². The largest absolute Gasteiger partial charge is 0.481 e. The zero-order valence-corrected chi connectivity index (χ0v) is 13.8. The van der Waals surface area contributed by atoms with E-state index >= 15 is 0 Å². The van der Waals surface area contributed by atoms with Crippen LogP contribution in [0.25, 0.3) is 0 Å². The van der Waals surface area contributed by atoms with Gasteiger partial charge in [0.15, 0.2) is 0 Å². The number of amides is 2. The van der Waals surface area contributed by atoms with Crippen molar-refractivity contribution < 1.29 is 14.7 Å². The topological polar surface area (TPSA) is 69.6 Å². The van der Waals surface area contributed by atoms with Gasteiger partial charge in [0.2, 0.25) is 0 Å². The third-order valence-electron chi connectivity index (χ3n) is 4.83. The molecule has 0 saturated carbocycles. The number of aliphatic carboxylic acids is 1. The van der Waals surface area contributed by atoms with Crippen LogP contribution >= 0.6 is 0 Å². The summed E-state index contributed by atoms with van der Waals surface area (Å²) in [5, 5.41) is 12.0. The molecule has 122 valence electrons. The molecule has 0 aromatic rings. The highest BCUT2D eigenvalue weighted by atomic mass is 16.4. The van der Waals surface area contributed by atoms with Gasteiger partial charge >= 0.3 is 12.0 Å². The van der Waals surface area contributed by atoms with E-state index in [1.54, 1.807) is 0 Å². The second kappa shape index (κ2) is 7.66. The molecule has 1 unspecified atom stereocenters. The van der Waals surface area contributed by atoms with Gasteiger partial charge < -0.3 is 15.3 Å². The molecular formula is C16H30N2O3. The molecule has 5 nitrogen and oxygen atoms in total. The Hall–Kier alpha value is -1.26. The third-order valence-corrected chi connectivity index (χ3v) is 4.83. The zero-order chi connectivity index (χ0) is 16.0. The van der Waals surface area contributed by atoms with Gasteiger partial charge in [0, 0.05) is 19.6 Å². The van der Waals surface area contributed by atoms with E-state index in [-0.39, 0.29) is 18.0 Å². The summed E-state index contributed by atoms with van der Waals surface area (Å²) in [6.45, 7) is 10.1. The fourth-order valence-corrected chi connectivity index (χ4v) is 3.10. The lowest BCUT2D eigenvalue weighted by Crippen LogP contribution is -2.43. The Kier molecular flexibility index (Phi) is 6.49. The quantitative estimate of drug-likeness (QED) is 0.759. The molecule has 1 fully saturated rings. The first-order valence-corrected chi connectivity index (χ1v) is 8.09. The molecule has 0 aliphatic carbocycles. The normalized spacial score (nSPS) is 18.8. The standard InChI is InChI=1S/C16H30N2O3/c1-5-16(6-2)7-8-18(11-16)15(21)17-10-13(14(19)20)9-12(3)4/h12-13H,5-11H2,1-4H3,(H,17,21)(H,19,20). The Bertz CT molecular complexity index is 365. The van der Waals surface area contributed by atoms with Crippen molar-refractivity contribution in [2.45, 2.75) is 53.4 Å². The summed E-state index contributed by atoms with van der Waals surface area (Å²) in [5.74, 6) is -1.02. The van der Waals surface area contributed by atoms with Crippen LogP contribution in [0, 0.1) is 17.3 Å². The number of carbonyl (C=O) groups is 2. The molecule has 1 atom stereocenters. The van der Waals surface area contributed by atoms with Crippen molar-refractivity contribution in [3.63, 3.8) is 0 Å². The Labute approximate surface area is 128 Å². The average molecular weight is 298 g/mol. The van der Waals surface area contributed by atoms with Gasteiger partial charge in [-0.15, -0.1) is 0 Å². The molecule has 1 heterocycles. The first-order valence-electron chi connectivity index (χ1n) is 8.09. The zero-order valence-electron chi connectivity index (χ0n) is 13.8. The molecule has 5 heteroatoms. The van der Waals surface area contributed by atoms with Crippen molar-refractivity contribution in [2.75, 3.05) is 19.6 Å². The van der Waals surface area contributed by atoms with Crippen molar-refractivity contribution in [1.29, 1.82) is 0 Å².